The van der Waals surface area contributed by atoms with E-state index in [0.29, 0.717) is 18.2 Å². The molecule has 9 nitrogen and oxygen atoms in total. The molecule has 0 bridgehead atoms. The summed E-state index contributed by atoms with van der Waals surface area (Å²) in [4.78, 5) is 31.0. The van der Waals surface area contributed by atoms with Crippen molar-refractivity contribution in [2.45, 2.75) is 109 Å². The zero-order chi connectivity index (χ0) is 31.5. The number of hydrogen-bond donors (Lipinski definition) is 1. The van der Waals surface area contributed by atoms with Gasteiger partial charge in [-0.3, -0.25) is 14.3 Å². The number of fused-ring (bicyclic) bond motifs is 1. The van der Waals surface area contributed by atoms with Gasteiger partial charge in [-0.2, -0.15) is 5.21 Å². The molecule has 4 aromatic rings. The number of H-pyrrole nitrogens is 1. The first kappa shape index (κ1) is 30.6. The number of nitrogens with one attached hydrogen (secondary N) is 1. The van der Waals surface area contributed by atoms with E-state index in [1.807, 2.05) is 22.9 Å². The lowest BCUT2D eigenvalue weighted by Crippen LogP contribution is -2.53. The molecule has 2 aliphatic heterocycles. The van der Waals surface area contributed by atoms with Gasteiger partial charge in [0.25, 0.3) is 5.56 Å². The normalized spacial score (nSPS) is 19.6. The zero-order valence-electron chi connectivity index (χ0n) is 27.2. The van der Waals surface area contributed by atoms with Gasteiger partial charge in [-0.05, 0) is 79.7 Å². The molecule has 2 aromatic heterocycles. The van der Waals surface area contributed by atoms with Crippen molar-refractivity contribution < 1.29 is 4.79 Å². The number of nitrogens with zero attached hydrogens (tertiary/aromatic N) is 6. The SMILES string of the molecule is CCCCc1c(Cc2ccc(-c3ccccc3-c3nn[nH]n3)cc2)c(=O)n2n1C(C1(C(=O)N3CCCCC3)CCCCC1)CCC2. The molecule has 46 heavy (non-hydrogen) atoms. The largest absolute Gasteiger partial charge is 0.342 e. The van der Waals surface area contributed by atoms with Crippen molar-refractivity contribution in [3.05, 3.63) is 75.7 Å². The zero-order valence-corrected chi connectivity index (χ0v) is 27.2. The van der Waals surface area contributed by atoms with Crippen LogP contribution in [0.3, 0.4) is 0 Å². The van der Waals surface area contributed by atoms with Gasteiger partial charge in [-0.25, -0.2) is 4.68 Å². The van der Waals surface area contributed by atoms with Crippen molar-refractivity contribution in [3.8, 4) is 22.5 Å². The summed E-state index contributed by atoms with van der Waals surface area (Å²) in [6, 6.07) is 16.7. The minimum absolute atomic E-state index is 0.0494. The molecule has 1 N–H and O–H groups in total. The number of aromatic nitrogens is 6. The van der Waals surface area contributed by atoms with Crippen LogP contribution in [0.15, 0.2) is 53.3 Å². The fourth-order valence-electron chi connectivity index (χ4n) is 8.58. The van der Waals surface area contributed by atoms with Crippen molar-refractivity contribution in [3.63, 3.8) is 0 Å². The smallest absolute Gasteiger partial charge is 0.270 e. The Balaban J connectivity index is 1.25. The number of piperidine rings is 1. The molecule has 2 aromatic carbocycles. The predicted molar refractivity (Wildman–Crippen MR) is 179 cm³/mol. The maximum Gasteiger partial charge on any atom is 0.270 e. The third-order valence-electron chi connectivity index (χ3n) is 10.9. The maximum absolute atomic E-state index is 14.6. The number of likely N-dealkylation sites (tertiary alicyclic amines) is 1. The molecule has 1 amide bonds. The second kappa shape index (κ2) is 13.4. The lowest BCUT2D eigenvalue weighted by Gasteiger charge is -2.48. The second-order valence-corrected chi connectivity index (χ2v) is 13.7. The summed E-state index contributed by atoms with van der Waals surface area (Å²) in [5, 5.41) is 14.7. The molecule has 1 saturated carbocycles. The summed E-state index contributed by atoms with van der Waals surface area (Å²) in [6.45, 7) is 4.72. The van der Waals surface area contributed by atoms with Gasteiger partial charge in [0.15, 0.2) is 0 Å². The minimum atomic E-state index is -0.408. The number of benzene rings is 2. The molecule has 0 radical (unpaired) electrons. The average molecular weight is 622 g/mol. The van der Waals surface area contributed by atoms with Gasteiger partial charge in [0.05, 0.1) is 11.5 Å². The number of rotatable bonds is 9. The Morgan fingerprint density at radius 1 is 0.913 bits per heavy atom. The van der Waals surface area contributed by atoms with Gasteiger partial charge in [-0.15, -0.1) is 10.2 Å². The lowest BCUT2D eigenvalue weighted by atomic mass is 9.66. The van der Waals surface area contributed by atoms with Crippen LogP contribution in [-0.2, 0) is 24.2 Å². The van der Waals surface area contributed by atoms with E-state index in [9.17, 15) is 9.59 Å². The number of aromatic amines is 1. The van der Waals surface area contributed by atoms with Crippen LogP contribution in [0.5, 0.6) is 0 Å². The Morgan fingerprint density at radius 3 is 2.37 bits per heavy atom. The molecular formula is C37H47N7O2. The van der Waals surface area contributed by atoms with E-state index >= 15 is 0 Å². The number of unbranched alkanes of at least 4 members (excludes halogenated alkanes) is 1. The van der Waals surface area contributed by atoms with Crippen molar-refractivity contribution in [1.29, 1.82) is 0 Å². The summed E-state index contributed by atoms with van der Waals surface area (Å²) >= 11 is 0. The third kappa shape index (κ3) is 5.62. The first-order valence-corrected chi connectivity index (χ1v) is 17.7. The van der Waals surface area contributed by atoms with E-state index in [4.69, 9.17) is 0 Å². The highest BCUT2D eigenvalue weighted by Gasteiger charge is 2.51. The standard InChI is InChI=1S/C37H47N7O2/c1-2-3-15-32-31(26-27-17-19-28(20-18-27)29-13-6-7-14-30(29)34-38-40-41-39-34)35(45)43-25-12-16-33(44(32)43)37(21-8-4-9-22-37)36(46)42-23-10-5-11-24-42/h6-7,13-14,17-20,33H,2-5,8-12,15-16,21-26H2,1H3,(H,38,39,40,41). The topological polar surface area (TPSA) is 102 Å². The molecule has 1 unspecified atom stereocenters. The van der Waals surface area contributed by atoms with Crippen LogP contribution in [0.2, 0.25) is 0 Å². The van der Waals surface area contributed by atoms with E-state index in [2.05, 4.69) is 67.5 Å². The van der Waals surface area contributed by atoms with E-state index in [0.717, 1.165) is 118 Å². The summed E-state index contributed by atoms with van der Waals surface area (Å²) < 4.78 is 4.41. The van der Waals surface area contributed by atoms with E-state index < -0.39 is 5.41 Å². The predicted octanol–water partition coefficient (Wildman–Crippen LogP) is 6.73. The van der Waals surface area contributed by atoms with Crippen molar-refractivity contribution in [1.82, 2.24) is 34.9 Å². The van der Waals surface area contributed by atoms with Crippen LogP contribution in [0.1, 0.15) is 107 Å². The lowest BCUT2D eigenvalue weighted by molar-refractivity contribution is -0.150. The summed E-state index contributed by atoms with van der Waals surface area (Å²) in [5.74, 6) is 0.933. The first-order chi connectivity index (χ1) is 22.6. The van der Waals surface area contributed by atoms with Gasteiger partial charge in [-0.1, -0.05) is 81.1 Å². The summed E-state index contributed by atoms with van der Waals surface area (Å²) in [6.07, 6.45) is 14.2. The Hall–Kier alpha value is -4.01. The van der Waals surface area contributed by atoms with E-state index in [1.54, 1.807) is 0 Å². The van der Waals surface area contributed by atoms with Gasteiger partial charge < -0.3 is 4.90 Å². The molecule has 1 atom stereocenters. The third-order valence-corrected chi connectivity index (χ3v) is 10.9. The van der Waals surface area contributed by atoms with Crippen LogP contribution < -0.4 is 5.56 Å². The fourth-order valence-corrected chi connectivity index (χ4v) is 8.58. The molecule has 7 rings (SSSR count). The van der Waals surface area contributed by atoms with Gasteiger partial charge in [0, 0.05) is 42.9 Å². The van der Waals surface area contributed by atoms with Gasteiger partial charge in [0.1, 0.15) is 0 Å². The first-order valence-electron chi connectivity index (χ1n) is 17.7. The molecule has 4 heterocycles. The number of carbonyl (C=O) groups excluding carboxylic acids is 1. The fraction of sp³-hybridized carbons (Fsp3) is 0.541. The second-order valence-electron chi connectivity index (χ2n) is 13.7. The average Bonchev–Trinajstić information content (AvgIpc) is 3.75. The van der Waals surface area contributed by atoms with Crippen LogP contribution in [-0.4, -0.2) is 53.9 Å². The van der Waals surface area contributed by atoms with Crippen LogP contribution in [0.4, 0.5) is 0 Å². The molecular weight excluding hydrogens is 574 g/mol. The molecule has 0 spiro atoms. The Kier molecular flexibility index (Phi) is 8.91. The molecule has 3 aliphatic rings. The van der Waals surface area contributed by atoms with E-state index in [1.165, 1.54) is 18.5 Å². The number of carbonyl (C=O) groups is 1. The monoisotopic (exact) mass is 621 g/mol. The highest BCUT2D eigenvalue weighted by atomic mass is 16.2. The molecule has 9 heteroatoms. The number of amides is 1. The highest BCUT2D eigenvalue weighted by Crippen LogP contribution is 2.50. The summed E-state index contributed by atoms with van der Waals surface area (Å²) in [7, 11) is 0. The van der Waals surface area contributed by atoms with Crippen molar-refractivity contribution in [2.75, 3.05) is 13.1 Å². The van der Waals surface area contributed by atoms with E-state index in [-0.39, 0.29) is 11.6 Å². The maximum atomic E-state index is 14.6. The van der Waals surface area contributed by atoms with Crippen LogP contribution >= 0.6 is 0 Å². The van der Waals surface area contributed by atoms with Gasteiger partial charge >= 0.3 is 0 Å². The van der Waals surface area contributed by atoms with Gasteiger partial charge in [0.2, 0.25) is 11.7 Å². The van der Waals surface area contributed by atoms with Crippen LogP contribution in [0.25, 0.3) is 22.5 Å². The Morgan fingerprint density at radius 2 is 1.65 bits per heavy atom. The van der Waals surface area contributed by atoms with Crippen molar-refractivity contribution >= 4 is 5.91 Å². The molecule has 1 saturated heterocycles. The van der Waals surface area contributed by atoms with Crippen LogP contribution in [0, 0.1) is 5.41 Å². The minimum Gasteiger partial charge on any atom is -0.342 e. The summed E-state index contributed by atoms with van der Waals surface area (Å²) in [5.41, 5.74) is 5.96. The quantitative estimate of drug-likeness (QED) is 0.223. The number of tetrazole rings is 1. The molecule has 2 fully saturated rings. The van der Waals surface area contributed by atoms with Crippen molar-refractivity contribution in [2.24, 2.45) is 5.41 Å². The Bertz CT molecular complexity index is 1690. The Labute approximate surface area is 271 Å². The molecule has 1 aliphatic carbocycles. The highest BCUT2D eigenvalue weighted by molar-refractivity contribution is 5.84. The number of hydrogen-bond acceptors (Lipinski definition) is 5. The molecule has 242 valence electrons.